The van der Waals surface area contributed by atoms with Crippen LogP contribution in [0.2, 0.25) is 0 Å². The highest BCUT2D eigenvalue weighted by atomic mass is 15.2. The Kier molecular flexibility index (Phi) is 5.11. The van der Waals surface area contributed by atoms with Gasteiger partial charge in [-0.2, -0.15) is 0 Å². The maximum Gasteiger partial charge on any atom is 0.00255 e. The molecule has 2 heteroatoms. The van der Waals surface area contributed by atoms with Crippen molar-refractivity contribution in [3.05, 3.63) is 0 Å². The summed E-state index contributed by atoms with van der Waals surface area (Å²) in [6, 6.07) is 0. The Labute approximate surface area is 101 Å². The summed E-state index contributed by atoms with van der Waals surface area (Å²) in [7, 11) is 0. The summed E-state index contributed by atoms with van der Waals surface area (Å²) in [6.07, 6.45) is 8.57. The SMILES string of the molecule is CCCCCCCCN1C[C@H]2CNC[C@H]2C1. The molecule has 16 heavy (non-hydrogen) atoms. The van der Waals surface area contributed by atoms with E-state index in [9.17, 15) is 0 Å². The third kappa shape index (κ3) is 3.46. The van der Waals surface area contributed by atoms with Gasteiger partial charge in [0.25, 0.3) is 0 Å². The first-order valence-corrected chi connectivity index (χ1v) is 7.33. The first-order chi connectivity index (χ1) is 7.90. The standard InChI is InChI=1S/C14H28N2/c1-2-3-4-5-6-7-8-16-11-13-9-15-10-14(13)12-16/h13-15H,2-12H2,1H3/t13-,14+. The first-order valence-electron chi connectivity index (χ1n) is 7.33. The number of hydrogen-bond donors (Lipinski definition) is 1. The minimum absolute atomic E-state index is 0.972. The smallest absolute Gasteiger partial charge is 0.00255 e. The van der Waals surface area contributed by atoms with Crippen molar-refractivity contribution >= 4 is 0 Å². The van der Waals surface area contributed by atoms with Crippen LogP contribution in [0.15, 0.2) is 0 Å². The van der Waals surface area contributed by atoms with E-state index >= 15 is 0 Å². The molecule has 2 rings (SSSR count). The molecule has 0 aliphatic carbocycles. The van der Waals surface area contributed by atoms with Gasteiger partial charge in [-0.1, -0.05) is 39.0 Å². The van der Waals surface area contributed by atoms with Gasteiger partial charge in [0.05, 0.1) is 0 Å². The second-order valence-corrected chi connectivity index (χ2v) is 5.71. The zero-order chi connectivity index (χ0) is 11.2. The Hall–Kier alpha value is -0.0800. The van der Waals surface area contributed by atoms with Crippen molar-refractivity contribution in [1.29, 1.82) is 0 Å². The van der Waals surface area contributed by atoms with E-state index in [0.29, 0.717) is 0 Å². The molecule has 2 aliphatic heterocycles. The van der Waals surface area contributed by atoms with Gasteiger partial charge >= 0.3 is 0 Å². The van der Waals surface area contributed by atoms with Crippen LogP contribution < -0.4 is 5.32 Å². The molecular formula is C14H28N2. The van der Waals surface area contributed by atoms with Crippen LogP contribution in [0.3, 0.4) is 0 Å². The number of nitrogens with zero attached hydrogens (tertiary/aromatic N) is 1. The van der Waals surface area contributed by atoms with Crippen LogP contribution in [0.1, 0.15) is 45.4 Å². The molecule has 1 N–H and O–H groups in total. The first kappa shape index (κ1) is 12.4. The van der Waals surface area contributed by atoms with E-state index in [1.54, 1.807) is 0 Å². The van der Waals surface area contributed by atoms with E-state index in [2.05, 4.69) is 17.1 Å². The maximum absolute atomic E-state index is 3.51. The van der Waals surface area contributed by atoms with Crippen LogP contribution in [0.5, 0.6) is 0 Å². The molecule has 0 aromatic carbocycles. The molecule has 2 heterocycles. The van der Waals surface area contributed by atoms with E-state index < -0.39 is 0 Å². The Morgan fingerprint density at radius 3 is 2.25 bits per heavy atom. The summed E-state index contributed by atoms with van der Waals surface area (Å²) in [4.78, 5) is 2.70. The van der Waals surface area contributed by atoms with Crippen molar-refractivity contribution < 1.29 is 0 Å². The predicted molar refractivity (Wildman–Crippen MR) is 69.7 cm³/mol. The van der Waals surface area contributed by atoms with Gasteiger partial charge in [0.1, 0.15) is 0 Å². The Morgan fingerprint density at radius 1 is 0.938 bits per heavy atom. The maximum atomic E-state index is 3.51. The molecule has 0 spiro atoms. The summed E-state index contributed by atoms with van der Waals surface area (Å²) in [5, 5.41) is 3.51. The molecule has 0 amide bonds. The van der Waals surface area contributed by atoms with Gasteiger partial charge in [-0.05, 0) is 37.9 Å². The summed E-state index contributed by atoms with van der Waals surface area (Å²) in [5.74, 6) is 1.94. The van der Waals surface area contributed by atoms with Crippen LogP contribution in [0, 0.1) is 11.8 Å². The summed E-state index contributed by atoms with van der Waals surface area (Å²) in [5.41, 5.74) is 0. The molecule has 2 fully saturated rings. The van der Waals surface area contributed by atoms with Gasteiger partial charge in [0, 0.05) is 13.1 Å². The predicted octanol–water partition coefficient (Wildman–Crippen LogP) is 2.50. The topological polar surface area (TPSA) is 15.3 Å². The molecule has 0 radical (unpaired) electrons. The molecule has 2 nitrogen and oxygen atoms in total. The second kappa shape index (κ2) is 6.61. The normalized spacial score (nSPS) is 29.8. The van der Waals surface area contributed by atoms with Crippen LogP contribution in [-0.2, 0) is 0 Å². The Balaban J connectivity index is 1.48. The van der Waals surface area contributed by atoms with Gasteiger partial charge in [-0.15, -0.1) is 0 Å². The highest BCUT2D eigenvalue weighted by molar-refractivity contribution is 4.90. The molecule has 0 unspecified atom stereocenters. The fourth-order valence-corrected chi connectivity index (χ4v) is 3.25. The van der Waals surface area contributed by atoms with Crippen molar-refractivity contribution in [2.75, 3.05) is 32.7 Å². The molecule has 2 saturated heterocycles. The lowest BCUT2D eigenvalue weighted by Gasteiger charge is -2.16. The number of hydrogen-bond acceptors (Lipinski definition) is 2. The molecule has 0 aromatic rings. The lowest BCUT2D eigenvalue weighted by atomic mass is 10.0. The molecular weight excluding hydrogens is 196 g/mol. The zero-order valence-electron chi connectivity index (χ0n) is 10.9. The van der Waals surface area contributed by atoms with Crippen molar-refractivity contribution in [2.24, 2.45) is 11.8 Å². The van der Waals surface area contributed by atoms with Gasteiger partial charge in [-0.25, -0.2) is 0 Å². The minimum atomic E-state index is 0.972. The summed E-state index contributed by atoms with van der Waals surface area (Å²) >= 11 is 0. The van der Waals surface area contributed by atoms with Crippen molar-refractivity contribution in [3.8, 4) is 0 Å². The average molecular weight is 224 g/mol. The van der Waals surface area contributed by atoms with Crippen LogP contribution in [-0.4, -0.2) is 37.6 Å². The van der Waals surface area contributed by atoms with E-state index in [-0.39, 0.29) is 0 Å². The van der Waals surface area contributed by atoms with Crippen LogP contribution in [0.4, 0.5) is 0 Å². The quantitative estimate of drug-likeness (QED) is 0.668. The summed E-state index contributed by atoms with van der Waals surface area (Å²) in [6.45, 7) is 8.94. The lowest BCUT2D eigenvalue weighted by molar-refractivity contribution is 0.304. The summed E-state index contributed by atoms with van der Waals surface area (Å²) < 4.78 is 0. The Morgan fingerprint density at radius 2 is 1.56 bits per heavy atom. The van der Waals surface area contributed by atoms with Crippen molar-refractivity contribution in [2.45, 2.75) is 45.4 Å². The third-order valence-electron chi connectivity index (χ3n) is 4.29. The van der Waals surface area contributed by atoms with Gasteiger partial charge < -0.3 is 10.2 Å². The van der Waals surface area contributed by atoms with E-state index in [1.165, 1.54) is 71.2 Å². The van der Waals surface area contributed by atoms with Crippen molar-refractivity contribution in [1.82, 2.24) is 10.2 Å². The molecule has 0 saturated carbocycles. The third-order valence-corrected chi connectivity index (χ3v) is 4.29. The molecule has 0 aromatic heterocycles. The largest absolute Gasteiger partial charge is 0.316 e. The fourth-order valence-electron chi connectivity index (χ4n) is 3.25. The molecule has 94 valence electrons. The van der Waals surface area contributed by atoms with Crippen LogP contribution >= 0.6 is 0 Å². The molecule has 0 bridgehead atoms. The average Bonchev–Trinajstić information content (AvgIpc) is 2.83. The van der Waals surface area contributed by atoms with E-state index in [1.807, 2.05) is 0 Å². The second-order valence-electron chi connectivity index (χ2n) is 5.71. The van der Waals surface area contributed by atoms with Crippen molar-refractivity contribution in [3.63, 3.8) is 0 Å². The number of unbranched alkanes of at least 4 members (excludes halogenated alkanes) is 5. The number of rotatable bonds is 7. The monoisotopic (exact) mass is 224 g/mol. The molecule has 2 aliphatic rings. The number of likely N-dealkylation sites (tertiary alicyclic amines) is 1. The number of fused-ring (bicyclic) bond motifs is 1. The highest BCUT2D eigenvalue weighted by Crippen LogP contribution is 2.26. The van der Waals surface area contributed by atoms with Gasteiger partial charge in [-0.3, -0.25) is 0 Å². The van der Waals surface area contributed by atoms with Gasteiger partial charge in [0.15, 0.2) is 0 Å². The van der Waals surface area contributed by atoms with Crippen LogP contribution in [0.25, 0.3) is 0 Å². The van der Waals surface area contributed by atoms with Gasteiger partial charge in [0.2, 0.25) is 0 Å². The minimum Gasteiger partial charge on any atom is -0.316 e. The number of nitrogens with one attached hydrogen (secondary N) is 1. The Bertz CT molecular complexity index is 181. The zero-order valence-corrected chi connectivity index (χ0v) is 10.9. The lowest BCUT2D eigenvalue weighted by Crippen LogP contribution is -2.26. The fraction of sp³-hybridized carbons (Fsp3) is 1.00. The molecule has 2 atom stereocenters. The van der Waals surface area contributed by atoms with E-state index in [4.69, 9.17) is 0 Å². The van der Waals surface area contributed by atoms with E-state index in [0.717, 1.165) is 11.8 Å². The highest BCUT2D eigenvalue weighted by Gasteiger charge is 2.35.